The highest BCUT2D eigenvalue weighted by Gasteiger charge is 2.46. The van der Waals surface area contributed by atoms with E-state index >= 15 is 0 Å². The summed E-state index contributed by atoms with van der Waals surface area (Å²) in [7, 11) is 0. The minimum atomic E-state index is -1.21. The van der Waals surface area contributed by atoms with Gasteiger partial charge >= 0.3 is 5.69 Å². The molecular weight excluding hydrogens is 258 g/mol. The molecule has 0 unspecified atom stereocenters. The van der Waals surface area contributed by atoms with Gasteiger partial charge < -0.3 is 10.0 Å². The lowest BCUT2D eigenvalue weighted by Gasteiger charge is -2.49. The second-order valence-electron chi connectivity index (χ2n) is 5.13. The van der Waals surface area contributed by atoms with E-state index in [4.69, 9.17) is 0 Å². The normalized spacial score (nSPS) is 17.5. The standard InChI is InChI=1S/C12H14F2N2O3/c1-7(2)12(17)5-15(6-12)10-4-8(13)3-9(14)11(10)16(18)19/h3-4,7,17H,5-6H2,1-2H3. The molecule has 19 heavy (non-hydrogen) atoms. The van der Waals surface area contributed by atoms with Crippen LogP contribution in [0.1, 0.15) is 13.8 Å². The molecule has 0 aliphatic carbocycles. The first kappa shape index (κ1) is 13.7. The van der Waals surface area contributed by atoms with E-state index in [9.17, 15) is 24.0 Å². The molecule has 0 aromatic heterocycles. The van der Waals surface area contributed by atoms with Crippen LogP contribution in [0.2, 0.25) is 0 Å². The molecule has 1 saturated heterocycles. The molecule has 0 atom stereocenters. The van der Waals surface area contributed by atoms with Gasteiger partial charge in [-0.2, -0.15) is 4.39 Å². The van der Waals surface area contributed by atoms with Gasteiger partial charge in [-0.15, -0.1) is 0 Å². The molecule has 1 aliphatic rings. The minimum Gasteiger partial charge on any atom is -0.386 e. The largest absolute Gasteiger partial charge is 0.386 e. The molecule has 0 saturated carbocycles. The lowest BCUT2D eigenvalue weighted by atomic mass is 9.82. The van der Waals surface area contributed by atoms with E-state index in [0.29, 0.717) is 6.07 Å². The molecule has 1 fully saturated rings. The number of β-amino-alcohol motifs (C(OH)–C–C–N with tert-alkyl or cyclic N) is 1. The van der Waals surface area contributed by atoms with Crippen molar-refractivity contribution in [2.75, 3.05) is 18.0 Å². The Morgan fingerprint density at radius 1 is 1.42 bits per heavy atom. The summed E-state index contributed by atoms with van der Waals surface area (Å²) in [6, 6.07) is 1.40. The summed E-state index contributed by atoms with van der Waals surface area (Å²) in [5, 5.41) is 20.9. The van der Waals surface area contributed by atoms with Crippen LogP contribution in [0.5, 0.6) is 0 Å². The van der Waals surface area contributed by atoms with Crippen LogP contribution >= 0.6 is 0 Å². The van der Waals surface area contributed by atoms with Gasteiger partial charge in [-0.1, -0.05) is 13.8 Å². The third kappa shape index (κ3) is 2.25. The second-order valence-corrected chi connectivity index (χ2v) is 5.13. The monoisotopic (exact) mass is 272 g/mol. The Labute approximate surface area is 108 Å². The highest BCUT2D eigenvalue weighted by molar-refractivity contribution is 5.66. The quantitative estimate of drug-likeness (QED) is 0.675. The topological polar surface area (TPSA) is 66.6 Å². The van der Waals surface area contributed by atoms with Crippen molar-refractivity contribution in [3.63, 3.8) is 0 Å². The average Bonchev–Trinajstić information content (AvgIpc) is 2.22. The van der Waals surface area contributed by atoms with Gasteiger partial charge in [-0.05, 0) is 5.92 Å². The predicted octanol–water partition coefficient (Wildman–Crippen LogP) is 2.08. The number of benzene rings is 1. The number of halogens is 2. The van der Waals surface area contributed by atoms with Gasteiger partial charge in [0, 0.05) is 25.2 Å². The maximum atomic E-state index is 13.5. The Kier molecular flexibility index (Phi) is 3.17. The van der Waals surface area contributed by atoms with Gasteiger partial charge in [0.15, 0.2) is 0 Å². The van der Waals surface area contributed by atoms with Gasteiger partial charge in [0.05, 0.1) is 4.92 Å². The zero-order chi connectivity index (χ0) is 14.4. The Balaban J connectivity index is 2.35. The third-order valence-corrected chi connectivity index (χ3v) is 3.54. The van der Waals surface area contributed by atoms with Crippen LogP contribution in [-0.4, -0.2) is 28.7 Å². The molecule has 2 rings (SSSR count). The zero-order valence-corrected chi connectivity index (χ0v) is 10.6. The summed E-state index contributed by atoms with van der Waals surface area (Å²) in [5.41, 5.74) is -1.86. The van der Waals surface area contributed by atoms with Gasteiger partial charge in [0.1, 0.15) is 17.1 Å². The van der Waals surface area contributed by atoms with Crippen molar-refractivity contribution in [3.05, 3.63) is 33.9 Å². The van der Waals surface area contributed by atoms with Gasteiger partial charge in [0.25, 0.3) is 0 Å². The zero-order valence-electron chi connectivity index (χ0n) is 10.6. The first-order valence-electron chi connectivity index (χ1n) is 5.85. The fraction of sp³-hybridized carbons (Fsp3) is 0.500. The molecule has 1 aromatic carbocycles. The van der Waals surface area contributed by atoms with Crippen molar-refractivity contribution in [3.8, 4) is 0 Å². The lowest BCUT2D eigenvalue weighted by molar-refractivity contribution is -0.386. The molecule has 0 spiro atoms. The van der Waals surface area contributed by atoms with Crippen LogP contribution in [0.4, 0.5) is 20.2 Å². The maximum absolute atomic E-state index is 13.5. The maximum Gasteiger partial charge on any atom is 0.328 e. The summed E-state index contributed by atoms with van der Waals surface area (Å²) < 4.78 is 26.7. The number of anilines is 1. The van der Waals surface area contributed by atoms with E-state index < -0.39 is 27.8 Å². The van der Waals surface area contributed by atoms with Crippen LogP contribution in [0.25, 0.3) is 0 Å². The molecular formula is C12H14F2N2O3. The number of nitro groups is 1. The molecule has 104 valence electrons. The van der Waals surface area contributed by atoms with Crippen molar-refractivity contribution < 1.29 is 18.8 Å². The Morgan fingerprint density at radius 3 is 2.47 bits per heavy atom. The number of rotatable bonds is 3. The van der Waals surface area contributed by atoms with Crippen molar-refractivity contribution in [2.45, 2.75) is 19.4 Å². The first-order chi connectivity index (χ1) is 8.74. The number of hydrogen-bond acceptors (Lipinski definition) is 4. The Hall–Kier alpha value is -1.76. The van der Waals surface area contributed by atoms with E-state index in [1.165, 1.54) is 4.90 Å². The summed E-state index contributed by atoms with van der Waals surface area (Å²) in [4.78, 5) is 11.4. The Morgan fingerprint density at radius 2 is 2.00 bits per heavy atom. The molecule has 1 aromatic rings. The van der Waals surface area contributed by atoms with Crippen molar-refractivity contribution >= 4 is 11.4 Å². The summed E-state index contributed by atoms with van der Waals surface area (Å²) in [5.74, 6) is -2.13. The fourth-order valence-electron chi connectivity index (χ4n) is 2.12. The predicted molar refractivity (Wildman–Crippen MR) is 65.0 cm³/mol. The lowest BCUT2D eigenvalue weighted by Crippen LogP contribution is -2.64. The Bertz CT molecular complexity index is 528. The molecule has 0 amide bonds. The van der Waals surface area contributed by atoms with E-state index in [1.807, 2.05) is 13.8 Å². The van der Waals surface area contributed by atoms with E-state index in [1.54, 1.807) is 0 Å². The third-order valence-electron chi connectivity index (χ3n) is 3.54. The highest BCUT2D eigenvalue weighted by atomic mass is 19.1. The van der Waals surface area contributed by atoms with Crippen LogP contribution < -0.4 is 4.90 Å². The van der Waals surface area contributed by atoms with E-state index in [2.05, 4.69) is 0 Å². The fourth-order valence-corrected chi connectivity index (χ4v) is 2.12. The van der Waals surface area contributed by atoms with Crippen LogP contribution in [0.3, 0.4) is 0 Å². The van der Waals surface area contributed by atoms with Crippen LogP contribution in [0.15, 0.2) is 12.1 Å². The minimum absolute atomic E-state index is 0.0405. The van der Waals surface area contributed by atoms with Crippen LogP contribution in [0, 0.1) is 27.7 Å². The molecule has 1 heterocycles. The molecule has 1 aliphatic heterocycles. The van der Waals surface area contributed by atoms with Crippen LogP contribution in [-0.2, 0) is 0 Å². The van der Waals surface area contributed by atoms with Crippen molar-refractivity contribution in [2.24, 2.45) is 5.92 Å². The van der Waals surface area contributed by atoms with Crippen molar-refractivity contribution in [1.82, 2.24) is 0 Å². The molecule has 7 heteroatoms. The SMILES string of the molecule is CC(C)C1(O)CN(c2cc(F)cc(F)c2[N+](=O)[O-])C1. The summed E-state index contributed by atoms with van der Waals surface area (Å²) in [6.07, 6.45) is 0. The van der Waals surface area contributed by atoms with Gasteiger partial charge in [0.2, 0.25) is 5.82 Å². The summed E-state index contributed by atoms with van der Waals surface area (Å²) in [6.45, 7) is 3.87. The molecule has 0 bridgehead atoms. The summed E-state index contributed by atoms with van der Waals surface area (Å²) >= 11 is 0. The number of aliphatic hydroxyl groups is 1. The smallest absolute Gasteiger partial charge is 0.328 e. The van der Waals surface area contributed by atoms with E-state index in [0.717, 1.165) is 6.07 Å². The molecule has 5 nitrogen and oxygen atoms in total. The molecule has 1 N–H and O–H groups in total. The highest BCUT2D eigenvalue weighted by Crippen LogP contribution is 2.39. The van der Waals surface area contributed by atoms with E-state index in [-0.39, 0.29) is 24.7 Å². The van der Waals surface area contributed by atoms with Crippen molar-refractivity contribution in [1.29, 1.82) is 0 Å². The molecule has 0 radical (unpaired) electrons. The number of nitro benzene ring substituents is 1. The van der Waals surface area contributed by atoms with Gasteiger partial charge in [-0.25, -0.2) is 4.39 Å². The number of hydrogen-bond donors (Lipinski definition) is 1. The average molecular weight is 272 g/mol. The second kappa shape index (κ2) is 4.41. The number of nitrogens with zero attached hydrogens (tertiary/aromatic N) is 2. The van der Waals surface area contributed by atoms with Gasteiger partial charge in [-0.3, -0.25) is 10.1 Å². The first-order valence-corrected chi connectivity index (χ1v) is 5.85.